The van der Waals surface area contributed by atoms with Crippen molar-refractivity contribution < 1.29 is 50.8 Å². The molecule has 11 nitrogen and oxygen atoms in total. The molecule has 2 aliphatic heterocycles. The number of ether oxygens (including phenoxy) is 4. The summed E-state index contributed by atoms with van der Waals surface area (Å²) in [6.45, 7) is 4.39. The van der Waals surface area contributed by atoms with E-state index < -0.39 is 30.7 Å². The monoisotopic (exact) mass is 705 g/mol. The Morgan fingerprint density at radius 1 is 1.08 bits per heavy atom. The van der Waals surface area contributed by atoms with Crippen LogP contribution in [-0.2, 0) is 30.6 Å². The van der Waals surface area contributed by atoms with E-state index in [1.165, 1.54) is 25.3 Å². The third-order valence-electron chi connectivity index (χ3n) is 8.82. The SMILES string of the molecule is COc1cc(C(F)(F)F)ccc1COc1cccc(N2CCN(Cc3nc4c(OCC(F)F)cc(C(=O)O)cc4n3C[C@@H]3CCO3)[C@@H](C)C2)n1. The van der Waals surface area contributed by atoms with Gasteiger partial charge in [-0.15, -0.1) is 0 Å². The van der Waals surface area contributed by atoms with E-state index in [2.05, 4.69) is 21.7 Å². The van der Waals surface area contributed by atoms with E-state index in [0.717, 1.165) is 18.6 Å². The second-order valence-corrected chi connectivity index (χ2v) is 12.2. The summed E-state index contributed by atoms with van der Waals surface area (Å²) >= 11 is 0. The van der Waals surface area contributed by atoms with E-state index in [4.69, 9.17) is 23.9 Å². The highest BCUT2D eigenvalue weighted by Crippen LogP contribution is 2.34. The predicted molar refractivity (Wildman–Crippen MR) is 171 cm³/mol. The van der Waals surface area contributed by atoms with Crippen LogP contribution in [0.15, 0.2) is 48.5 Å². The molecule has 0 spiro atoms. The number of fused-ring (bicyclic) bond motifs is 1. The number of piperazine rings is 1. The van der Waals surface area contributed by atoms with Crippen LogP contribution < -0.4 is 19.1 Å². The number of imidazole rings is 1. The molecule has 0 unspecified atom stereocenters. The zero-order chi connectivity index (χ0) is 35.6. The van der Waals surface area contributed by atoms with Crippen LogP contribution in [0.25, 0.3) is 11.0 Å². The van der Waals surface area contributed by atoms with E-state index in [1.54, 1.807) is 12.1 Å². The molecule has 2 atom stereocenters. The minimum Gasteiger partial charge on any atom is -0.496 e. The number of carboxylic acid groups (broad SMARTS) is 1. The first-order valence-corrected chi connectivity index (χ1v) is 16.0. The van der Waals surface area contributed by atoms with Crippen LogP contribution in [0.4, 0.5) is 27.8 Å². The highest BCUT2D eigenvalue weighted by molar-refractivity contribution is 5.95. The Labute approximate surface area is 284 Å². The molecule has 268 valence electrons. The summed E-state index contributed by atoms with van der Waals surface area (Å²) in [5.41, 5.74) is 0.319. The van der Waals surface area contributed by atoms with Gasteiger partial charge in [0, 0.05) is 43.9 Å². The van der Waals surface area contributed by atoms with Gasteiger partial charge in [0.15, 0.2) is 0 Å². The number of anilines is 1. The zero-order valence-electron chi connectivity index (χ0n) is 27.3. The first-order valence-electron chi connectivity index (χ1n) is 16.0. The van der Waals surface area contributed by atoms with Crippen LogP contribution in [0.3, 0.4) is 0 Å². The van der Waals surface area contributed by atoms with Gasteiger partial charge in [-0.3, -0.25) is 4.90 Å². The topological polar surface area (TPSA) is 111 Å². The maximum absolute atomic E-state index is 13.1. The molecule has 0 radical (unpaired) electrons. The number of halogens is 5. The Hall–Kier alpha value is -4.70. The average molecular weight is 706 g/mol. The summed E-state index contributed by atoms with van der Waals surface area (Å²) in [5, 5.41) is 9.73. The summed E-state index contributed by atoms with van der Waals surface area (Å²) in [6.07, 6.45) is -6.49. The number of methoxy groups -OCH3 is 1. The Balaban J connectivity index is 1.17. The van der Waals surface area contributed by atoms with Gasteiger partial charge in [-0.25, -0.2) is 18.6 Å². The summed E-state index contributed by atoms with van der Waals surface area (Å²) in [4.78, 5) is 25.7. The molecule has 16 heteroatoms. The summed E-state index contributed by atoms with van der Waals surface area (Å²) < 4.78 is 89.4. The second-order valence-electron chi connectivity index (χ2n) is 12.2. The minimum absolute atomic E-state index is 0.0162. The number of aromatic nitrogens is 3. The van der Waals surface area contributed by atoms with Gasteiger partial charge in [0.05, 0.1) is 42.9 Å². The lowest BCUT2D eigenvalue weighted by Crippen LogP contribution is -2.52. The second kappa shape index (κ2) is 14.6. The van der Waals surface area contributed by atoms with Crippen molar-refractivity contribution in [3.8, 4) is 17.4 Å². The van der Waals surface area contributed by atoms with Crippen LogP contribution in [0.2, 0.25) is 0 Å². The van der Waals surface area contributed by atoms with Gasteiger partial charge in [-0.1, -0.05) is 12.1 Å². The van der Waals surface area contributed by atoms with E-state index in [1.807, 2.05) is 10.6 Å². The van der Waals surface area contributed by atoms with E-state index in [-0.39, 0.29) is 35.8 Å². The van der Waals surface area contributed by atoms with Crippen molar-refractivity contribution in [3.05, 3.63) is 71.0 Å². The minimum atomic E-state index is -4.49. The van der Waals surface area contributed by atoms with E-state index in [0.29, 0.717) is 73.4 Å². The smallest absolute Gasteiger partial charge is 0.416 e. The van der Waals surface area contributed by atoms with Gasteiger partial charge < -0.3 is 33.5 Å². The first kappa shape index (κ1) is 35.1. The molecule has 1 N–H and O–H groups in total. The number of hydrogen-bond acceptors (Lipinski definition) is 9. The number of carbonyl (C=O) groups is 1. The number of pyridine rings is 1. The van der Waals surface area contributed by atoms with Crippen LogP contribution in [0.1, 0.15) is 40.7 Å². The van der Waals surface area contributed by atoms with Gasteiger partial charge in [0.2, 0.25) is 5.88 Å². The van der Waals surface area contributed by atoms with Crippen molar-refractivity contribution >= 4 is 22.8 Å². The summed E-state index contributed by atoms with van der Waals surface area (Å²) in [7, 11) is 1.30. The normalized spacial score (nSPS) is 18.4. The van der Waals surface area contributed by atoms with Crippen molar-refractivity contribution in [2.24, 2.45) is 0 Å². The molecular formula is C34H36F5N5O6. The number of nitrogens with zero attached hydrogens (tertiary/aromatic N) is 5. The maximum Gasteiger partial charge on any atom is 0.416 e. The third-order valence-corrected chi connectivity index (χ3v) is 8.82. The number of hydrogen-bond donors (Lipinski definition) is 1. The van der Waals surface area contributed by atoms with Crippen LogP contribution in [-0.4, -0.2) is 89.0 Å². The number of alkyl halides is 5. The van der Waals surface area contributed by atoms with Crippen molar-refractivity contribution in [2.75, 3.05) is 44.9 Å². The molecule has 0 aliphatic carbocycles. The molecule has 4 aromatic rings. The lowest BCUT2D eigenvalue weighted by molar-refractivity contribution is -0.137. The van der Waals surface area contributed by atoms with Crippen molar-refractivity contribution in [1.82, 2.24) is 19.4 Å². The number of aromatic carboxylic acids is 1. The molecule has 2 aromatic carbocycles. The highest BCUT2D eigenvalue weighted by atomic mass is 19.4. The van der Waals surface area contributed by atoms with Crippen LogP contribution >= 0.6 is 0 Å². The first-order chi connectivity index (χ1) is 23.9. The van der Waals surface area contributed by atoms with Gasteiger partial charge in [-0.05, 0) is 43.7 Å². The largest absolute Gasteiger partial charge is 0.496 e. The van der Waals surface area contributed by atoms with Crippen LogP contribution in [0.5, 0.6) is 17.4 Å². The van der Waals surface area contributed by atoms with Gasteiger partial charge in [0.25, 0.3) is 6.43 Å². The standard InChI is InChI=1S/C34H36F5N5O6/c1-20-15-43(29-4-3-5-31(40-29)50-18-21-6-7-23(34(37,38)39)14-26(21)47-2)10-9-42(20)17-30-41-32-25(44(30)16-24-8-11-48-24)12-22(33(45)46)13-27(32)49-19-28(35)36/h3-7,12-14,20,24,28H,8-11,15-19H2,1-2H3,(H,45,46)/t20-,24-/m0/s1. The van der Waals surface area contributed by atoms with Crippen LogP contribution in [0, 0.1) is 0 Å². The molecule has 2 fully saturated rings. The Morgan fingerprint density at radius 3 is 2.54 bits per heavy atom. The van der Waals surface area contributed by atoms with E-state index >= 15 is 0 Å². The number of carboxylic acids is 1. The highest BCUT2D eigenvalue weighted by Gasteiger charge is 2.32. The molecule has 0 bridgehead atoms. The molecule has 4 heterocycles. The van der Waals surface area contributed by atoms with Gasteiger partial charge in [-0.2, -0.15) is 18.2 Å². The van der Waals surface area contributed by atoms with Crippen molar-refractivity contribution in [3.63, 3.8) is 0 Å². The quantitative estimate of drug-likeness (QED) is 0.169. The fourth-order valence-electron chi connectivity index (χ4n) is 6.05. The summed E-state index contributed by atoms with van der Waals surface area (Å²) in [6, 6.07) is 11.3. The molecule has 2 aromatic heterocycles. The molecule has 2 saturated heterocycles. The van der Waals surface area contributed by atoms with Crippen molar-refractivity contribution in [1.29, 1.82) is 0 Å². The lowest BCUT2D eigenvalue weighted by atomic mass is 10.1. The summed E-state index contributed by atoms with van der Waals surface area (Å²) in [5.74, 6) is 0.441. The lowest BCUT2D eigenvalue weighted by Gasteiger charge is -2.40. The van der Waals surface area contributed by atoms with Crippen molar-refractivity contribution in [2.45, 2.75) is 57.8 Å². The Kier molecular flexibility index (Phi) is 10.3. The Morgan fingerprint density at radius 2 is 1.88 bits per heavy atom. The average Bonchev–Trinajstić information content (AvgIpc) is 3.41. The number of rotatable bonds is 13. The molecule has 2 aliphatic rings. The van der Waals surface area contributed by atoms with Gasteiger partial charge in [0.1, 0.15) is 41.9 Å². The zero-order valence-corrected chi connectivity index (χ0v) is 27.3. The molecule has 0 saturated carbocycles. The maximum atomic E-state index is 13.1. The molecule has 0 amide bonds. The van der Waals surface area contributed by atoms with E-state index in [9.17, 15) is 31.9 Å². The molecule has 6 rings (SSSR count). The molecule has 50 heavy (non-hydrogen) atoms. The fourth-order valence-corrected chi connectivity index (χ4v) is 6.05. The van der Waals surface area contributed by atoms with Gasteiger partial charge >= 0.3 is 12.1 Å². The Bertz CT molecular complexity index is 1830. The molecular weight excluding hydrogens is 669 g/mol. The fraction of sp³-hybridized carbons (Fsp3) is 0.441. The number of benzene rings is 2. The third kappa shape index (κ3) is 7.86. The predicted octanol–water partition coefficient (Wildman–Crippen LogP) is 5.88.